The first-order chi connectivity index (χ1) is 7.16. The summed E-state index contributed by atoms with van der Waals surface area (Å²) < 4.78 is 0. The van der Waals surface area contributed by atoms with Gasteiger partial charge in [-0.1, -0.05) is 41.4 Å². The second-order valence-electron chi connectivity index (χ2n) is 3.18. The van der Waals surface area contributed by atoms with Crippen LogP contribution in [-0.2, 0) is 0 Å². The van der Waals surface area contributed by atoms with Gasteiger partial charge in [0, 0.05) is 4.90 Å². The molecular weight excluding hydrogens is 247 g/mol. The SMILES string of the molecule is Sc1cccc(-c2ccc(Cl)c(Cl)c2)c1. The number of rotatable bonds is 1. The molecule has 3 heteroatoms. The normalized spacial score (nSPS) is 10.3. The first-order valence-electron chi connectivity index (χ1n) is 4.41. The zero-order chi connectivity index (χ0) is 10.8. The molecule has 0 atom stereocenters. The van der Waals surface area contributed by atoms with Crippen molar-refractivity contribution < 1.29 is 0 Å². The van der Waals surface area contributed by atoms with Crippen LogP contribution in [0.2, 0.25) is 10.0 Å². The van der Waals surface area contributed by atoms with Crippen LogP contribution >= 0.6 is 35.8 Å². The summed E-state index contributed by atoms with van der Waals surface area (Å²) in [5, 5.41) is 1.14. The molecule has 0 N–H and O–H groups in total. The molecule has 2 aromatic carbocycles. The van der Waals surface area contributed by atoms with Crippen LogP contribution in [0.1, 0.15) is 0 Å². The lowest BCUT2D eigenvalue weighted by Crippen LogP contribution is -1.78. The van der Waals surface area contributed by atoms with Gasteiger partial charge in [-0.25, -0.2) is 0 Å². The summed E-state index contributed by atoms with van der Waals surface area (Å²) in [7, 11) is 0. The Balaban J connectivity index is 2.50. The third kappa shape index (κ3) is 2.49. The van der Waals surface area contributed by atoms with Gasteiger partial charge in [0.1, 0.15) is 0 Å². The Morgan fingerprint density at radius 1 is 0.800 bits per heavy atom. The Kier molecular flexibility index (Phi) is 3.25. The van der Waals surface area contributed by atoms with Crippen LogP contribution in [-0.4, -0.2) is 0 Å². The Hall–Kier alpha value is -0.630. The fourth-order valence-electron chi connectivity index (χ4n) is 1.36. The van der Waals surface area contributed by atoms with Gasteiger partial charge < -0.3 is 0 Å². The van der Waals surface area contributed by atoms with Gasteiger partial charge in [0.15, 0.2) is 0 Å². The van der Waals surface area contributed by atoms with Crippen LogP contribution in [0.25, 0.3) is 11.1 Å². The number of hydrogen-bond acceptors (Lipinski definition) is 1. The number of hydrogen-bond donors (Lipinski definition) is 1. The molecule has 0 amide bonds. The third-order valence-corrected chi connectivity index (χ3v) is 3.12. The van der Waals surface area contributed by atoms with Crippen LogP contribution in [0.4, 0.5) is 0 Å². The van der Waals surface area contributed by atoms with Crippen molar-refractivity contribution in [3.8, 4) is 11.1 Å². The monoisotopic (exact) mass is 254 g/mol. The van der Waals surface area contributed by atoms with E-state index >= 15 is 0 Å². The van der Waals surface area contributed by atoms with Gasteiger partial charge >= 0.3 is 0 Å². The van der Waals surface area contributed by atoms with E-state index in [1.165, 1.54) is 0 Å². The van der Waals surface area contributed by atoms with Crippen molar-refractivity contribution in [2.45, 2.75) is 4.90 Å². The topological polar surface area (TPSA) is 0 Å². The molecule has 0 spiro atoms. The van der Waals surface area contributed by atoms with E-state index in [1.807, 2.05) is 36.4 Å². The van der Waals surface area contributed by atoms with Crippen molar-refractivity contribution in [1.29, 1.82) is 0 Å². The molecule has 0 unspecified atom stereocenters. The molecule has 2 aromatic rings. The van der Waals surface area contributed by atoms with E-state index in [0.717, 1.165) is 16.0 Å². The summed E-state index contributed by atoms with van der Waals surface area (Å²) in [5.74, 6) is 0. The standard InChI is InChI=1S/C12H8Cl2S/c13-11-5-4-9(7-12(11)14)8-2-1-3-10(15)6-8/h1-7,15H. The van der Waals surface area contributed by atoms with E-state index in [4.69, 9.17) is 23.2 Å². The van der Waals surface area contributed by atoms with Gasteiger partial charge in [-0.15, -0.1) is 12.6 Å². The molecule has 0 saturated carbocycles. The Morgan fingerprint density at radius 2 is 1.53 bits per heavy atom. The highest BCUT2D eigenvalue weighted by atomic mass is 35.5. The molecule has 0 radical (unpaired) electrons. The maximum absolute atomic E-state index is 5.95. The summed E-state index contributed by atoms with van der Waals surface area (Å²) >= 11 is 16.1. The van der Waals surface area contributed by atoms with Crippen molar-refractivity contribution in [2.75, 3.05) is 0 Å². The molecule has 0 heterocycles. The Bertz CT molecular complexity index is 495. The lowest BCUT2D eigenvalue weighted by atomic mass is 10.1. The van der Waals surface area contributed by atoms with Gasteiger partial charge in [-0.3, -0.25) is 0 Å². The summed E-state index contributed by atoms with van der Waals surface area (Å²) in [6.07, 6.45) is 0. The van der Waals surface area contributed by atoms with E-state index in [1.54, 1.807) is 6.07 Å². The van der Waals surface area contributed by atoms with Gasteiger partial charge in [0.2, 0.25) is 0 Å². The van der Waals surface area contributed by atoms with Gasteiger partial charge in [0.25, 0.3) is 0 Å². The lowest BCUT2D eigenvalue weighted by molar-refractivity contribution is 1.47. The summed E-state index contributed by atoms with van der Waals surface area (Å²) in [4.78, 5) is 0.929. The number of benzene rings is 2. The number of thiol groups is 1. The largest absolute Gasteiger partial charge is 0.143 e. The van der Waals surface area contributed by atoms with Gasteiger partial charge in [0.05, 0.1) is 10.0 Å². The molecule has 15 heavy (non-hydrogen) atoms. The molecule has 0 nitrogen and oxygen atoms in total. The third-order valence-electron chi connectivity index (χ3n) is 2.10. The average Bonchev–Trinajstić information content (AvgIpc) is 2.22. The van der Waals surface area contributed by atoms with Crippen molar-refractivity contribution in [3.63, 3.8) is 0 Å². The van der Waals surface area contributed by atoms with Gasteiger partial charge in [-0.2, -0.15) is 0 Å². The van der Waals surface area contributed by atoms with Crippen LogP contribution in [0, 0.1) is 0 Å². The fraction of sp³-hybridized carbons (Fsp3) is 0. The molecular formula is C12H8Cl2S. The number of halogens is 2. The molecule has 0 saturated heterocycles. The Labute approximate surface area is 104 Å². The predicted molar refractivity (Wildman–Crippen MR) is 69.2 cm³/mol. The summed E-state index contributed by atoms with van der Waals surface area (Å²) in [5.41, 5.74) is 2.13. The average molecular weight is 255 g/mol. The highest BCUT2D eigenvalue weighted by Gasteiger charge is 2.01. The first kappa shape index (κ1) is 10.9. The molecule has 0 bridgehead atoms. The van der Waals surface area contributed by atoms with Crippen LogP contribution < -0.4 is 0 Å². The van der Waals surface area contributed by atoms with Crippen LogP contribution in [0.3, 0.4) is 0 Å². The molecule has 2 rings (SSSR count). The van der Waals surface area contributed by atoms with E-state index in [0.29, 0.717) is 10.0 Å². The maximum atomic E-state index is 5.95. The van der Waals surface area contributed by atoms with Gasteiger partial charge in [-0.05, 0) is 35.4 Å². The zero-order valence-electron chi connectivity index (χ0n) is 7.74. The van der Waals surface area contributed by atoms with Crippen LogP contribution in [0.5, 0.6) is 0 Å². The molecule has 0 aromatic heterocycles. The van der Waals surface area contributed by atoms with E-state index in [9.17, 15) is 0 Å². The Morgan fingerprint density at radius 3 is 2.20 bits per heavy atom. The molecule has 0 fully saturated rings. The lowest BCUT2D eigenvalue weighted by Gasteiger charge is -2.04. The summed E-state index contributed by atoms with van der Waals surface area (Å²) in [6, 6.07) is 13.5. The minimum absolute atomic E-state index is 0.568. The smallest absolute Gasteiger partial charge is 0.0598 e. The highest BCUT2D eigenvalue weighted by molar-refractivity contribution is 7.80. The maximum Gasteiger partial charge on any atom is 0.0598 e. The van der Waals surface area contributed by atoms with Crippen molar-refractivity contribution in [2.24, 2.45) is 0 Å². The fourth-order valence-corrected chi connectivity index (χ4v) is 1.88. The van der Waals surface area contributed by atoms with E-state index in [2.05, 4.69) is 12.6 Å². The summed E-state index contributed by atoms with van der Waals surface area (Å²) in [6.45, 7) is 0. The minimum atomic E-state index is 0.568. The van der Waals surface area contributed by atoms with Crippen molar-refractivity contribution in [1.82, 2.24) is 0 Å². The highest BCUT2D eigenvalue weighted by Crippen LogP contribution is 2.29. The molecule has 0 aliphatic heterocycles. The van der Waals surface area contributed by atoms with Crippen molar-refractivity contribution in [3.05, 3.63) is 52.5 Å². The first-order valence-corrected chi connectivity index (χ1v) is 5.61. The predicted octanol–water partition coefficient (Wildman–Crippen LogP) is 4.95. The minimum Gasteiger partial charge on any atom is -0.143 e. The molecule has 76 valence electrons. The molecule has 0 aliphatic carbocycles. The second kappa shape index (κ2) is 4.48. The molecule has 0 aliphatic rings. The van der Waals surface area contributed by atoms with E-state index < -0.39 is 0 Å². The zero-order valence-corrected chi connectivity index (χ0v) is 10.2. The van der Waals surface area contributed by atoms with Crippen LogP contribution in [0.15, 0.2) is 47.4 Å². The quantitative estimate of drug-likeness (QED) is 0.685. The van der Waals surface area contributed by atoms with E-state index in [-0.39, 0.29) is 0 Å². The van der Waals surface area contributed by atoms with Crippen molar-refractivity contribution >= 4 is 35.8 Å². The second-order valence-corrected chi connectivity index (χ2v) is 4.51.